The molecule has 1 aromatic carbocycles. The molecule has 0 radical (unpaired) electrons. The molecule has 0 atom stereocenters. The van der Waals surface area contributed by atoms with E-state index in [1.165, 1.54) is 7.11 Å². The first-order valence-corrected chi connectivity index (χ1v) is 5.26. The molecule has 0 fully saturated rings. The van der Waals surface area contributed by atoms with Crippen LogP contribution in [0, 0.1) is 0 Å². The predicted octanol–water partition coefficient (Wildman–Crippen LogP) is 1.78. The van der Waals surface area contributed by atoms with Gasteiger partial charge in [-0.3, -0.25) is 0 Å². The van der Waals surface area contributed by atoms with Gasteiger partial charge >= 0.3 is 5.97 Å². The Bertz CT molecular complexity index is 385. The normalized spacial score (nSPS) is 10.9. The van der Waals surface area contributed by atoms with E-state index in [1.54, 1.807) is 11.1 Å². The van der Waals surface area contributed by atoms with Crippen LogP contribution in [0.4, 0.5) is 0 Å². The molecule has 0 heterocycles. The number of benzene rings is 1. The lowest BCUT2D eigenvalue weighted by Crippen LogP contribution is -2.13. The molecular weight excluding hydrogens is 218 g/mol. The average molecular weight is 235 g/mol. The Kier molecular flexibility index (Phi) is 5.07. The monoisotopic (exact) mass is 235 g/mol. The molecule has 0 bridgehead atoms. The highest BCUT2D eigenvalue weighted by molar-refractivity contribution is 5.85. The lowest BCUT2D eigenvalue weighted by molar-refractivity contribution is -0.140. The van der Waals surface area contributed by atoms with Crippen molar-refractivity contribution in [3.63, 3.8) is 0 Å². The fourth-order valence-electron chi connectivity index (χ4n) is 1.22. The Morgan fingerprint density at radius 2 is 1.94 bits per heavy atom. The van der Waals surface area contributed by atoms with Crippen LogP contribution in [0.5, 0.6) is 0 Å². The molecule has 1 rings (SSSR count). The van der Waals surface area contributed by atoms with Crippen molar-refractivity contribution in [2.24, 2.45) is 0 Å². The number of carbonyl (C=O) groups excluding carboxylic acids is 1. The zero-order valence-corrected chi connectivity index (χ0v) is 10.3. The molecule has 0 aliphatic rings. The summed E-state index contributed by atoms with van der Waals surface area (Å²) in [6, 6.07) is 9.65. The molecule has 0 aromatic heterocycles. The molecule has 4 nitrogen and oxygen atoms in total. The van der Waals surface area contributed by atoms with Gasteiger partial charge in [-0.25, -0.2) is 4.79 Å². The van der Waals surface area contributed by atoms with E-state index in [0.717, 1.165) is 5.56 Å². The molecule has 0 aliphatic heterocycles. The Morgan fingerprint density at radius 1 is 1.29 bits per heavy atom. The van der Waals surface area contributed by atoms with Crippen molar-refractivity contribution >= 4 is 5.97 Å². The van der Waals surface area contributed by atoms with Gasteiger partial charge in [-0.05, 0) is 5.56 Å². The summed E-state index contributed by atoms with van der Waals surface area (Å²) in [4.78, 5) is 13.2. The van der Waals surface area contributed by atoms with Gasteiger partial charge in [-0.1, -0.05) is 30.3 Å². The quantitative estimate of drug-likeness (QED) is 0.443. The highest BCUT2D eigenvalue weighted by Crippen LogP contribution is 2.07. The molecule has 0 saturated carbocycles. The van der Waals surface area contributed by atoms with Crippen LogP contribution in [-0.2, 0) is 20.9 Å². The van der Waals surface area contributed by atoms with Crippen LogP contribution in [0.1, 0.15) is 5.56 Å². The lowest BCUT2D eigenvalue weighted by atomic mass is 10.2. The molecule has 0 aliphatic carbocycles. The van der Waals surface area contributed by atoms with Gasteiger partial charge in [-0.2, -0.15) is 0 Å². The van der Waals surface area contributed by atoms with Crippen molar-refractivity contribution in [1.29, 1.82) is 0 Å². The zero-order valence-electron chi connectivity index (χ0n) is 10.3. The number of rotatable bonds is 5. The maximum absolute atomic E-state index is 11.4. The van der Waals surface area contributed by atoms with Crippen molar-refractivity contribution in [3.05, 3.63) is 47.9 Å². The fraction of sp³-hybridized carbons (Fsp3) is 0.308. The van der Waals surface area contributed by atoms with E-state index in [2.05, 4.69) is 4.74 Å². The second kappa shape index (κ2) is 6.58. The van der Waals surface area contributed by atoms with Gasteiger partial charge in [0.2, 0.25) is 5.76 Å². The number of methoxy groups -OCH3 is 1. The first-order chi connectivity index (χ1) is 8.13. The van der Waals surface area contributed by atoms with Crippen LogP contribution in [0.3, 0.4) is 0 Å². The van der Waals surface area contributed by atoms with Crippen LogP contribution >= 0.6 is 0 Å². The molecule has 0 spiro atoms. The highest BCUT2D eigenvalue weighted by Gasteiger charge is 2.11. The molecule has 0 unspecified atom stereocenters. The minimum Gasteiger partial charge on any atom is -0.481 e. The van der Waals surface area contributed by atoms with E-state index in [1.807, 2.05) is 44.4 Å². The summed E-state index contributed by atoms with van der Waals surface area (Å²) in [5.41, 5.74) is 1.00. The van der Waals surface area contributed by atoms with Crippen LogP contribution in [0.15, 0.2) is 42.3 Å². The van der Waals surface area contributed by atoms with Gasteiger partial charge in [-0.15, -0.1) is 0 Å². The number of nitrogens with zero attached hydrogens (tertiary/aromatic N) is 1. The molecule has 0 saturated heterocycles. The Balaban J connectivity index is 2.65. The number of hydrogen-bond donors (Lipinski definition) is 0. The fourth-order valence-corrected chi connectivity index (χ4v) is 1.22. The van der Waals surface area contributed by atoms with E-state index in [-0.39, 0.29) is 5.76 Å². The molecule has 0 N–H and O–H groups in total. The van der Waals surface area contributed by atoms with Crippen LogP contribution in [0.2, 0.25) is 0 Å². The summed E-state index contributed by atoms with van der Waals surface area (Å²) in [6.45, 7) is 0.343. The SMILES string of the molecule is COC(=O)/C(=C\N(C)C)OCc1ccccc1. The number of carbonyl (C=O) groups is 1. The minimum atomic E-state index is -0.477. The van der Waals surface area contributed by atoms with Crippen molar-refractivity contribution in [2.75, 3.05) is 21.2 Å². The van der Waals surface area contributed by atoms with Crippen molar-refractivity contribution in [2.45, 2.75) is 6.61 Å². The van der Waals surface area contributed by atoms with Crippen molar-refractivity contribution < 1.29 is 14.3 Å². The highest BCUT2D eigenvalue weighted by atomic mass is 16.6. The smallest absolute Gasteiger partial charge is 0.374 e. The first kappa shape index (κ1) is 13.1. The largest absolute Gasteiger partial charge is 0.481 e. The van der Waals surface area contributed by atoms with Gasteiger partial charge in [0, 0.05) is 20.3 Å². The van der Waals surface area contributed by atoms with Crippen molar-refractivity contribution in [1.82, 2.24) is 4.90 Å². The predicted molar refractivity (Wildman–Crippen MR) is 65.0 cm³/mol. The Labute approximate surface area is 101 Å². The topological polar surface area (TPSA) is 38.8 Å². The molecule has 4 heteroatoms. The molecule has 1 aromatic rings. The summed E-state index contributed by atoms with van der Waals surface area (Å²) in [7, 11) is 4.96. The lowest BCUT2D eigenvalue weighted by Gasteiger charge is -2.11. The maximum Gasteiger partial charge on any atom is 0.374 e. The van der Waals surface area contributed by atoms with Crippen LogP contribution in [0.25, 0.3) is 0 Å². The summed E-state index contributed by atoms with van der Waals surface area (Å²) in [5, 5.41) is 0. The summed E-state index contributed by atoms with van der Waals surface area (Å²) >= 11 is 0. The summed E-state index contributed by atoms with van der Waals surface area (Å²) in [6.07, 6.45) is 1.59. The van der Waals surface area contributed by atoms with E-state index < -0.39 is 5.97 Å². The standard InChI is InChI=1S/C13H17NO3/c1-14(2)9-12(13(15)16-3)17-10-11-7-5-4-6-8-11/h4-9H,10H2,1-3H3/b12-9+. The summed E-state index contributed by atoms with van der Waals surface area (Å²) < 4.78 is 10.1. The minimum absolute atomic E-state index is 0.196. The third-order valence-electron chi connectivity index (χ3n) is 2.00. The van der Waals surface area contributed by atoms with Gasteiger partial charge in [0.15, 0.2) is 0 Å². The third-order valence-corrected chi connectivity index (χ3v) is 2.00. The maximum atomic E-state index is 11.4. The van der Waals surface area contributed by atoms with E-state index in [4.69, 9.17) is 4.74 Å². The molecule has 17 heavy (non-hydrogen) atoms. The first-order valence-electron chi connectivity index (χ1n) is 5.26. The van der Waals surface area contributed by atoms with Gasteiger partial charge in [0.1, 0.15) is 6.61 Å². The van der Waals surface area contributed by atoms with Crippen LogP contribution in [-0.4, -0.2) is 32.1 Å². The van der Waals surface area contributed by atoms with Gasteiger partial charge < -0.3 is 14.4 Å². The van der Waals surface area contributed by atoms with E-state index >= 15 is 0 Å². The number of hydrogen-bond acceptors (Lipinski definition) is 4. The Hall–Kier alpha value is -1.97. The second-order valence-electron chi connectivity index (χ2n) is 3.72. The Morgan fingerprint density at radius 3 is 2.47 bits per heavy atom. The third kappa shape index (κ3) is 4.59. The van der Waals surface area contributed by atoms with Gasteiger partial charge in [0.25, 0.3) is 0 Å². The molecular formula is C13H17NO3. The van der Waals surface area contributed by atoms with E-state index in [0.29, 0.717) is 6.61 Å². The molecule has 92 valence electrons. The second-order valence-corrected chi connectivity index (χ2v) is 3.72. The van der Waals surface area contributed by atoms with Gasteiger partial charge in [0.05, 0.1) is 7.11 Å². The van der Waals surface area contributed by atoms with E-state index in [9.17, 15) is 4.79 Å². The average Bonchev–Trinajstić information content (AvgIpc) is 2.34. The zero-order chi connectivity index (χ0) is 12.7. The number of ether oxygens (including phenoxy) is 2. The van der Waals surface area contributed by atoms with Crippen molar-refractivity contribution in [3.8, 4) is 0 Å². The van der Waals surface area contributed by atoms with Crippen LogP contribution < -0.4 is 0 Å². The number of esters is 1. The molecule has 0 amide bonds. The summed E-state index contributed by atoms with van der Waals surface area (Å²) in [5.74, 6) is -0.281.